The molecule has 0 amide bonds. The van der Waals surface area contributed by atoms with E-state index in [1.54, 1.807) is 11.3 Å². The number of aromatic nitrogens is 1. The van der Waals surface area contributed by atoms with Crippen LogP contribution in [0.3, 0.4) is 0 Å². The van der Waals surface area contributed by atoms with Crippen LogP contribution in [-0.4, -0.2) is 24.0 Å². The third kappa shape index (κ3) is 3.14. The van der Waals surface area contributed by atoms with Crippen molar-refractivity contribution < 1.29 is 0 Å². The minimum absolute atomic E-state index is 0.668. The van der Waals surface area contributed by atoms with E-state index in [9.17, 15) is 0 Å². The molecule has 1 heterocycles. The number of nitrogens with zero attached hydrogens (tertiary/aromatic N) is 2. The molecule has 14 heavy (non-hydrogen) atoms. The molecule has 0 aromatic carbocycles. The molecule has 0 spiro atoms. The van der Waals surface area contributed by atoms with Gasteiger partial charge in [0.15, 0.2) is 5.13 Å². The maximum Gasteiger partial charge on any atom is 0.185 e. The Hall–Kier alpha value is -0.280. The summed E-state index contributed by atoms with van der Waals surface area (Å²) in [7, 11) is 0. The molecule has 0 bridgehead atoms. The SMILES string of the molecule is CCCN(CCCl)c1nc(CC)cs1. The van der Waals surface area contributed by atoms with Crippen molar-refractivity contribution in [3.8, 4) is 0 Å². The minimum atomic E-state index is 0.668. The fourth-order valence-corrected chi connectivity index (χ4v) is 2.45. The second kappa shape index (κ2) is 6.25. The Balaban J connectivity index is 2.65. The summed E-state index contributed by atoms with van der Waals surface area (Å²) in [6.45, 7) is 6.25. The first kappa shape index (κ1) is 11.8. The summed E-state index contributed by atoms with van der Waals surface area (Å²) in [4.78, 5) is 6.81. The smallest absolute Gasteiger partial charge is 0.185 e. The number of anilines is 1. The van der Waals surface area contributed by atoms with Gasteiger partial charge in [0.1, 0.15) is 0 Å². The molecule has 0 aliphatic carbocycles. The highest BCUT2D eigenvalue weighted by Gasteiger charge is 2.08. The lowest BCUT2D eigenvalue weighted by atomic mass is 10.4. The highest BCUT2D eigenvalue weighted by molar-refractivity contribution is 7.13. The molecule has 0 fully saturated rings. The quantitative estimate of drug-likeness (QED) is 0.701. The molecule has 0 aliphatic heterocycles. The van der Waals surface area contributed by atoms with Gasteiger partial charge in [-0.25, -0.2) is 4.98 Å². The van der Waals surface area contributed by atoms with E-state index in [2.05, 4.69) is 29.1 Å². The van der Waals surface area contributed by atoms with Crippen molar-refractivity contribution in [3.05, 3.63) is 11.1 Å². The van der Waals surface area contributed by atoms with E-state index in [1.807, 2.05) is 0 Å². The lowest BCUT2D eigenvalue weighted by molar-refractivity contribution is 0.787. The Morgan fingerprint density at radius 1 is 1.43 bits per heavy atom. The maximum absolute atomic E-state index is 5.76. The van der Waals surface area contributed by atoms with Gasteiger partial charge in [0, 0.05) is 24.3 Å². The summed E-state index contributed by atoms with van der Waals surface area (Å²) >= 11 is 7.48. The van der Waals surface area contributed by atoms with Gasteiger partial charge in [-0.15, -0.1) is 22.9 Å². The summed E-state index contributed by atoms with van der Waals surface area (Å²) in [5.41, 5.74) is 1.18. The molecular formula is C10H17ClN2S. The maximum atomic E-state index is 5.76. The Kier molecular flexibility index (Phi) is 5.26. The summed E-state index contributed by atoms with van der Waals surface area (Å²) in [5, 5.41) is 3.25. The van der Waals surface area contributed by atoms with Gasteiger partial charge in [-0.05, 0) is 12.8 Å². The van der Waals surface area contributed by atoms with E-state index in [0.29, 0.717) is 5.88 Å². The van der Waals surface area contributed by atoms with Crippen LogP contribution in [0.5, 0.6) is 0 Å². The van der Waals surface area contributed by atoms with Crippen molar-refractivity contribution in [2.75, 3.05) is 23.9 Å². The van der Waals surface area contributed by atoms with E-state index in [-0.39, 0.29) is 0 Å². The molecule has 2 nitrogen and oxygen atoms in total. The van der Waals surface area contributed by atoms with Crippen LogP contribution >= 0.6 is 22.9 Å². The van der Waals surface area contributed by atoms with E-state index in [4.69, 9.17) is 11.6 Å². The average molecular weight is 233 g/mol. The second-order valence-electron chi connectivity index (χ2n) is 3.15. The van der Waals surface area contributed by atoms with Gasteiger partial charge in [0.25, 0.3) is 0 Å². The van der Waals surface area contributed by atoms with Gasteiger partial charge in [-0.2, -0.15) is 0 Å². The van der Waals surface area contributed by atoms with Gasteiger partial charge in [0.05, 0.1) is 5.69 Å². The number of rotatable bonds is 6. The first-order chi connectivity index (χ1) is 6.81. The van der Waals surface area contributed by atoms with Crippen LogP contribution < -0.4 is 4.90 Å². The Morgan fingerprint density at radius 2 is 2.21 bits per heavy atom. The molecule has 0 N–H and O–H groups in total. The zero-order valence-electron chi connectivity index (χ0n) is 8.79. The molecule has 0 aliphatic rings. The first-order valence-corrected chi connectivity index (χ1v) is 6.48. The van der Waals surface area contributed by atoms with E-state index in [1.165, 1.54) is 5.69 Å². The Bertz CT molecular complexity index is 256. The van der Waals surface area contributed by atoms with Gasteiger partial charge in [-0.1, -0.05) is 13.8 Å². The monoisotopic (exact) mass is 232 g/mol. The molecular weight excluding hydrogens is 216 g/mol. The van der Waals surface area contributed by atoms with Crippen molar-refractivity contribution in [3.63, 3.8) is 0 Å². The fourth-order valence-electron chi connectivity index (χ4n) is 1.28. The largest absolute Gasteiger partial charge is 0.347 e. The Labute approximate surface area is 94.9 Å². The average Bonchev–Trinajstić information content (AvgIpc) is 2.65. The molecule has 1 aromatic rings. The van der Waals surface area contributed by atoms with Gasteiger partial charge < -0.3 is 4.90 Å². The number of aryl methyl sites for hydroxylation is 1. The van der Waals surface area contributed by atoms with Crippen LogP contribution in [0.2, 0.25) is 0 Å². The predicted molar refractivity (Wildman–Crippen MR) is 64.7 cm³/mol. The predicted octanol–water partition coefficient (Wildman–Crippen LogP) is 3.16. The topological polar surface area (TPSA) is 16.1 Å². The molecule has 0 saturated heterocycles. The van der Waals surface area contributed by atoms with Crippen LogP contribution in [0, 0.1) is 0 Å². The number of alkyl halides is 1. The zero-order valence-corrected chi connectivity index (χ0v) is 10.4. The van der Waals surface area contributed by atoms with Crippen LogP contribution in [0.15, 0.2) is 5.38 Å². The first-order valence-electron chi connectivity index (χ1n) is 5.07. The molecule has 1 aromatic heterocycles. The third-order valence-electron chi connectivity index (χ3n) is 2.02. The van der Waals surface area contributed by atoms with Crippen LogP contribution in [0.25, 0.3) is 0 Å². The van der Waals surface area contributed by atoms with Gasteiger partial charge >= 0.3 is 0 Å². The highest BCUT2D eigenvalue weighted by Crippen LogP contribution is 2.20. The number of halogens is 1. The number of thiazole rings is 1. The normalized spacial score (nSPS) is 10.5. The summed E-state index contributed by atoms with van der Waals surface area (Å²) < 4.78 is 0. The van der Waals surface area contributed by atoms with Crippen LogP contribution in [0.4, 0.5) is 5.13 Å². The van der Waals surface area contributed by atoms with Crippen molar-refractivity contribution in [1.29, 1.82) is 0 Å². The minimum Gasteiger partial charge on any atom is -0.347 e. The Morgan fingerprint density at radius 3 is 2.71 bits per heavy atom. The van der Waals surface area contributed by atoms with Gasteiger partial charge in [-0.3, -0.25) is 0 Å². The molecule has 4 heteroatoms. The molecule has 0 unspecified atom stereocenters. The van der Waals surface area contributed by atoms with Crippen molar-refractivity contribution >= 4 is 28.1 Å². The van der Waals surface area contributed by atoms with Crippen LogP contribution in [-0.2, 0) is 6.42 Å². The zero-order chi connectivity index (χ0) is 10.4. The van der Waals surface area contributed by atoms with Crippen LogP contribution in [0.1, 0.15) is 26.0 Å². The number of hydrogen-bond acceptors (Lipinski definition) is 3. The van der Waals surface area contributed by atoms with Gasteiger partial charge in [0.2, 0.25) is 0 Å². The van der Waals surface area contributed by atoms with Crippen molar-refractivity contribution in [2.24, 2.45) is 0 Å². The molecule has 1 rings (SSSR count). The van der Waals surface area contributed by atoms with E-state index < -0.39 is 0 Å². The molecule has 0 saturated carbocycles. The number of hydrogen-bond donors (Lipinski definition) is 0. The molecule has 80 valence electrons. The summed E-state index contributed by atoms with van der Waals surface area (Å²) in [6.07, 6.45) is 2.15. The summed E-state index contributed by atoms with van der Waals surface area (Å²) in [5.74, 6) is 0.668. The lowest BCUT2D eigenvalue weighted by Gasteiger charge is -2.19. The molecule has 0 radical (unpaired) electrons. The lowest BCUT2D eigenvalue weighted by Crippen LogP contribution is -2.26. The second-order valence-corrected chi connectivity index (χ2v) is 4.37. The highest BCUT2D eigenvalue weighted by atomic mass is 35.5. The van der Waals surface area contributed by atoms with Crippen molar-refractivity contribution in [1.82, 2.24) is 4.98 Å². The molecule has 0 atom stereocenters. The summed E-state index contributed by atoms with van der Waals surface area (Å²) in [6, 6.07) is 0. The van der Waals surface area contributed by atoms with E-state index in [0.717, 1.165) is 31.1 Å². The van der Waals surface area contributed by atoms with Crippen molar-refractivity contribution in [2.45, 2.75) is 26.7 Å². The fraction of sp³-hybridized carbons (Fsp3) is 0.700. The third-order valence-corrected chi connectivity index (χ3v) is 3.14. The van der Waals surface area contributed by atoms with E-state index >= 15 is 0 Å². The standard InChI is InChI=1S/C10H17ClN2S/c1-3-6-13(7-5-11)10-12-9(4-2)8-14-10/h8H,3-7H2,1-2H3.